The number of nitrogens with zero attached hydrogens (tertiary/aromatic N) is 3. The summed E-state index contributed by atoms with van der Waals surface area (Å²) in [4.78, 5) is 18.4. The lowest BCUT2D eigenvalue weighted by molar-refractivity contribution is -0.150. The normalized spacial score (nSPS) is 18.3. The first-order chi connectivity index (χ1) is 12.1. The highest BCUT2D eigenvalue weighted by Gasteiger charge is 2.27. The Morgan fingerprint density at radius 3 is 3.08 bits per heavy atom. The molecule has 6 nitrogen and oxygen atoms in total. The van der Waals surface area contributed by atoms with Gasteiger partial charge in [-0.2, -0.15) is 4.98 Å². The number of carbonyl (C=O) groups is 1. The van der Waals surface area contributed by atoms with Crippen molar-refractivity contribution >= 4 is 5.97 Å². The Hall–Kier alpha value is -2.28. The van der Waals surface area contributed by atoms with E-state index in [1.54, 1.807) is 19.1 Å². The molecule has 0 amide bonds. The maximum absolute atomic E-state index is 13.7. The molecule has 0 aliphatic carbocycles. The summed E-state index contributed by atoms with van der Waals surface area (Å²) >= 11 is 0. The van der Waals surface area contributed by atoms with Crippen molar-refractivity contribution < 1.29 is 18.4 Å². The summed E-state index contributed by atoms with van der Waals surface area (Å²) in [5.74, 6) is 0.279. The van der Waals surface area contributed by atoms with Crippen LogP contribution in [0.1, 0.15) is 31.2 Å². The predicted octanol–water partition coefficient (Wildman–Crippen LogP) is 2.96. The SMILES string of the molecule is CCOC(=O)C1CCCN(Cc2nc(-c3ccc(C)c(F)c3)no2)C1. The molecule has 0 N–H and O–H groups in total. The number of ether oxygens (including phenoxy) is 1. The van der Waals surface area contributed by atoms with Gasteiger partial charge in [0, 0.05) is 12.1 Å². The van der Waals surface area contributed by atoms with Crippen molar-refractivity contribution in [2.24, 2.45) is 5.92 Å². The Balaban J connectivity index is 1.64. The number of aryl methyl sites for hydroxylation is 1. The zero-order valence-corrected chi connectivity index (χ0v) is 14.5. The fourth-order valence-electron chi connectivity index (χ4n) is 3.01. The number of likely N-dealkylation sites (tertiary alicyclic amines) is 1. The molecule has 7 heteroatoms. The maximum Gasteiger partial charge on any atom is 0.310 e. The van der Waals surface area contributed by atoms with E-state index in [2.05, 4.69) is 15.0 Å². The molecule has 0 spiro atoms. The highest BCUT2D eigenvalue weighted by Crippen LogP contribution is 2.22. The number of hydrogen-bond acceptors (Lipinski definition) is 6. The van der Waals surface area contributed by atoms with Gasteiger partial charge in [0.1, 0.15) is 5.82 Å². The standard InChI is InChI=1S/C18H22FN3O3/c1-3-24-18(23)14-5-4-8-22(10-14)11-16-20-17(21-25-16)13-7-6-12(2)15(19)9-13/h6-7,9,14H,3-5,8,10-11H2,1-2H3. The second kappa shape index (κ2) is 7.74. The van der Waals surface area contributed by atoms with Crippen LogP contribution >= 0.6 is 0 Å². The first-order valence-electron chi connectivity index (χ1n) is 8.55. The smallest absolute Gasteiger partial charge is 0.310 e. The topological polar surface area (TPSA) is 68.5 Å². The van der Waals surface area contributed by atoms with Crippen molar-refractivity contribution in [2.45, 2.75) is 33.2 Å². The molecular formula is C18H22FN3O3. The molecule has 0 bridgehead atoms. The summed E-state index contributed by atoms with van der Waals surface area (Å²) in [6.07, 6.45) is 1.76. The van der Waals surface area contributed by atoms with Crippen LogP contribution in [0.15, 0.2) is 22.7 Å². The molecular weight excluding hydrogens is 325 g/mol. The third-order valence-corrected chi connectivity index (χ3v) is 4.38. The Kier molecular flexibility index (Phi) is 5.43. The average Bonchev–Trinajstić information content (AvgIpc) is 3.06. The number of hydrogen-bond donors (Lipinski definition) is 0. The van der Waals surface area contributed by atoms with Crippen LogP contribution in [0.3, 0.4) is 0 Å². The minimum atomic E-state index is -0.294. The predicted molar refractivity (Wildman–Crippen MR) is 89.1 cm³/mol. The second-order valence-corrected chi connectivity index (χ2v) is 6.30. The number of halogens is 1. The molecule has 2 heterocycles. The first kappa shape index (κ1) is 17.5. The van der Waals surface area contributed by atoms with Gasteiger partial charge in [0.05, 0.1) is 19.1 Å². The molecule has 25 heavy (non-hydrogen) atoms. The van der Waals surface area contributed by atoms with Crippen molar-refractivity contribution in [3.8, 4) is 11.4 Å². The van der Waals surface area contributed by atoms with Crippen LogP contribution in [-0.2, 0) is 16.1 Å². The van der Waals surface area contributed by atoms with Crippen molar-refractivity contribution in [3.05, 3.63) is 35.5 Å². The van der Waals surface area contributed by atoms with Crippen LogP contribution in [0.2, 0.25) is 0 Å². The van der Waals surface area contributed by atoms with Gasteiger partial charge in [-0.3, -0.25) is 9.69 Å². The van der Waals surface area contributed by atoms with E-state index in [4.69, 9.17) is 9.26 Å². The zero-order chi connectivity index (χ0) is 17.8. The van der Waals surface area contributed by atoms with Crippen LogP contribution in [0.4, 0.5) is 4.39 Å². The van der Waals surface area contributed by atoms with E-state index in [1.807, 2.05) is 6.92 Å². The summed E-state index contributed by atoms with van der Waals surface area (Å²) in [6.45, 7) is 5.87. The molecule has 0 saturated carbocycles. The van der Waals surface area contributed by atoms with Gasteiger partial charge in [-0.15, -0.1) is 0 Å². The van der Waals surface area contributed by atoms with Gasteiger partial charge < -0.3 is 9.26 Å². The second-order valence-electron chi connectivity index (χ2n) is 6.30. The highest BCUT2D eigenvalue weighted by atomic mass is 19.1. The van der Waals surface area contributed by atoms with Crippen LogP contribution in [-0.4, -0.2) is 40.7 Å². The molecule has 1 aromatic heterocycles. The van der Waals surface area contributed by atoms with Crippen LogP contribution < -0.4 is 0 Å². The molecule has 2 aromatic rings. The molecule has 3 rings (SSSR count). The van der Waals surface area contributed by atoms with Gasteiger partial charge in [-0.05, 0) is 44.9 Å². The molecule has 134 valence electrons. The Morgan fingerprint density at radius 2 is 2.32 bits per heavy atom. The Morgan fingerprint density at radius 1 is 1.48 bits per heavy atom. The number of esters is 1. The number of benzene rings is 1. The van der Waals surface area contributed by atoms with Gasteiger partial charge in [0.25, 0.3) is 0 Å². The van der Waals surface area contributed by atoms with E-state index in [1.165, 1.54) is 6.07 Å². The lowest BCUT2D eigenvalue weighted by Gasteiger charge is -2.30. The number of piperidine rings is 1. The van der Waals surface area contributed by atoms with E-state index in [0.717, 1.165) is 19.4 Å². The Labute approximate surface area is 146 Å². The fraction of sp³-hybridized carbons (Fsp3) is 0.500. The molecule has 1 aliphatic heterocycles. The maximum atomic E-state index is 13.7. The van der Waals surface area contributed by atoms with E-state index < -0.39 is 0 Å². The minimum absolute atomic E-state index is 0.109. The average molecular weight is 347 g/mol. The van der Waals surface area contributed by atoms with Crippen LogP contribution in [0.25, 0.3) is 11.4 Å². The van der Waals surface area contributed by atoms with Crippen molar-refractivity contribution in [3.63, 3.8) is 0 Å². The van der Waals surface area contributed by atoms with Gasteiger partial charge in [-0.1, -0.05) is 17.3 Å². The van der Waals surface area contributed by atoms with Crippen LogP contribution in [0.5, 0.6) is 0 Å². The lowest BCUT2D eigenvalue weighted by Crippen LogP contribution is -2.39. The Bertz CT molecular complexity index is 747. The minimum Gasteiger partial charge on any atom is -0.466 e. The molecule has 1 aromatic carbocycles. The summed E-state index contributed by atoms with van der Waals surface area (Å²) in [5, 5.41) is 3.94. The summed E-state index contributed by atoms with van der Waals surface area (Å²) in [5.41, 5.74) is 1.16. The third-order valence-electron chi connectivity index (χ3n) is 4.38. The van der Waals surface area contributed by atoms with Gasteiger partial charge in [0.2, 0.25) is 11.7 Å². The monoisotopic (exact) mass is 347 g/mol. The molecule has 1 atom stereocenters. The van der Waals surface area contributed by atoms with Crippen molar-refractivity contribution in [1.29, 1.82) is 0 Å². The van der Waals surface area contributed by atoms with Gasteiger partial charge in [-0.25, -0.2) is 4.39 Å². The molecule has 1 unspecified atom stereocenters. The molecule has 1 fully saturated rings. The van der Waals surface area contributed by atoms with E-state index >= 15 is 0 Å². The lowest BCUT2D eigenvalue weighted by atomic mass is 9.98. The van der Waals surface area contributed by atoms with E-state index in [0.29, 0.717) is 42.5 Å². The van der Waals surface area contributed by atoms with Gasteiger partial charge in [0.15, 0.2) is 0 Å². The zero-order valence-electron chi connectivity index (χ0n) is 14.5. The first-order valence-corrected chi connectivity index (χ1v) is 8.55. The molecule has 1 saturated heterocycles. The third kappa shape index (κ3) is 4.22. The molecule has 1 aliphatic rings. The number of aromatic nitrogens is 2. The van der Waals surface area contributed by atoms with E-state index in [9.17, 15) is 9.18 Å². The summed E-state index contributed by atoms with van der Waals surface area (Å²) in [6, 6.07) is 4.86. The van der Waals surface area contributed by atoms with Crippen molar-refractivity contribution in [2.75, 3.05) is 19.7 Å². The van der Waals surface area contributed by atoms with E-state index in [-0.39, 0.29) is 17.7 Å². The largest absolute Gasteiger partial charge is 0.466 e. The number of carbonyl (C=O) groups excluding carboxylic acids is 1. The number of rotatable bonds is 5. The molecule has 0 radical (unpaired) electrons. The fourth-order valence-corrected chi connectivity index (χ4v) is 3.01. The summed E-state index contributed by atoms with van der Waals surface area (Å²) < 4.78 is 24.1. The quantitative estimate of drug-likeness (QED) is 0.775. The highest BCUT2D eigenvalue weighted by molar-refractivity contribution is 5.72. The van der Waals surface area contributed by atoms with Crippen molar-refractivity contribution in [1.82, 2.24) is 15.0 Å². The van der Waals surface area contributed by atoms with Gasteiger partial charge >= 0.3 is 5.97 Å². The van der Waals surface area contributed by atoms with Crippen LogP contribution in [0, 0.1) is 18.7 Å². The summed E-state index contributed by atoms with van der Waals surface area (Å²) in [7, 11) is 0.